The van der Waals surface area contributed by atoms with Gasteiger partial charge in [-0.25, -0.2) is 0 Å². The van der Waals surface area contributed by atoms with Crippen LogP contribution in [0, 0.1) is 23.7 Å². The highest BCUT2D eigenvalue weighted by Crippen LogP contribution is 1.91. The van der Waals surface area contributed by atoms with Crippen LogP contribution in [0.2, 0.25) is 0 Å². The molecule has 0 saturated carbocycles. The van der Waals surface area contributed by atoms with E-state index in [1.807, 2.05) is 0 Å². The average Bonchev–Trinajstić information content (AvgIpc) is 2.21. The largest absolute Gasteiger partial charge is 0.330 e. The van der Waals surface area contributed by atoms with Gasteiger partial charge in [0.1, 0.15) is 0 Å². The van der Waals surface area contributed by atoms with Crippen LogP contribution in [0.25, 0.3) is 0 Å². The first-order valence-corrected chi connectivity index (χ1v) is 5.27. The van der Waals surface area contributed by atoms with Crippen LogP contribution < -0.4 is 11.5 Å². The second-order valence-corrected chi connectivity index (χ2v) is 3.10. The summed E-state index contributed by atoms with van der Waals surface area (Å²) in [5.41, 5.74) is 10.7. The lowest BCUT2D eigenvalue weighted by molar-refractivity contribution is 0.767. The van der Waals surface area contributed by atoms with Crippen molar-refractivity contribution in [2.24, 2.45) is 11.5 Å². The minimum atomic E-state index is 0.756. The Morgan fingerprint density at radius 1 is 0.643 bits per heavy atom. The molecule has 78 valence electrons. The van der Waals surface area contributed by atoms with Crippen molar-refractivity contribution in [3.8, 4) is 23.7 Å². The van der Waals surface area contributed by atoms with Crippen LogP contribution in [0.15, 0.2) is 0 Å². The molecule has 0 spiro atoms. The van der Waals surface area contributed by atoms with E-state index in [-0.39, 0.29) is 0 Å². The molecule has 0 aliphatic carbocycles. The zero-order chi connectivity index (χ0) is 10.5. The molecule has 0 atom stereocenters. The van der Waals surface area contributed by atoms with Crippen molar-refractivity contribution in [2.75, 3.05) is 13.1 Å². The first kappa shape index (κ1) is 13.0. The third-order valence-electron chi connectivity index (χ3n) is 1.75. The smallest absolute Gasteiger partial charge is 0.00993 e. The zero-order valence-corrected chi connectivity index (χ0v) is 8.81. The second kappa shape index (κ2) is 12.0. The second-order valence-electron chi connectivity index (χ2n) is 3.10. The third-order valence-corrected chi connectivity index (χ3v) is 1.75. The minimum Gasteiger partial charge on any atom is -0.330 e. The van der Waals surface area contributed by atoms with Crippen LogP contribution >= 0.6 is 0 Å². The summed E-state index contributed by atoms with van der Waals surface area (Å²) in [4.78, 5) is 0. The van der Waals surface area contributed by atoms with Crippen molar-refractivity contribution in [3.63, 3.8) is 0 Å². The van der Waals surface area contributed by atoms with Crippen molar-refractivity contribution in [2.45, 2.75) is 38.5 Å². The third kappa shape index (κ3) is 11.0. The van der Waals surface area contributed by atoms with Crippen LogP contribution in [-0.2, 0) is 0 Å². The topological polar surface area (TPSA) is 52.0 Å². The highest BCUT2D eigenvalue weighted by molar-refractivity contribution is 5.25. The Morgan fingerprint density at radius 3 is 1.43 bits per heavy atom. The molecule has 0 bridgehead atoms. The Kier molecular flexibility index (Phi) is 11.2. The van der Waals surface area contributed by atoms with Gasteiger partial charge in [0.05, 0.1) is 0 Å². The van der Waals surface area contributed by atoms with Gasteiger partial charge in [0.25, 0.3) is 0 Å². The maximum atomic E-state index is 5.35. The van der Waals surface area contributed by atoms with E-state index in [1.165, 1.54) is 0 Å². The fourth-order valence-corrected chi connectivity index (χ4v) is 0.929. The number of hydrogen-bond donors (Lipinski definition) is 2. The van der Waals surface area contributed by atoms with Gasteiger partial charge >= 0.3 is 0 Å². The van der Waals surface area contributed by atoms with Crippen molar-refractivity contribution in [1.82, 2.24) is 0 Å². The standard InChI is InChI=1S/C12H20N2/c13-11-9-7-5-3-1-2-4-6-8-10-12-14/h5-14H2. The van der Waals surface area contributed by atoms with E-state index in [0.717, 1.165) is 51.6 Å². The van der Waals surface area contributed by atoms with Crippen molar-refractivity contribution in [3.05, 3.63) is 0 Å². The lowest BCUT2D eigenvalue weighted by Crippen LogP contribution is -1.97. The Bertz CT molecular complexity index is 198. The molecule has 0 unspecified atom stereocenters. The molecule has 0 aliphatic rings. The quantitative estimate of drug-likeness (QED) is 0.491. The summed E-state index contributed by atoms with van der Waals surface area (Å²) in [7, 11) is 0. The summed E-state index contributed by atoms with van der Waals surface area (Å²) in [6.07, 6.45) is 6.09. The molecule has 0 rings (SSSR count). The Hall–Kier alpha value is -0.960. The van der Waals surface area contributed by atoms with Crippen molar-refractivity contribution in [1.29, 1.82) is 0 Å². The first-order chi connectivity index (χ1) is 6.91. The molecule has 4 N–H and O–H groups in total. The predicted octanol–water partition coefficient (Wildman–Crippen LogP) is 1.25. The monoisotopic (exact) mass is 192 g/mol. The predicted molar refractivity (Wildman–Crippen MR) is 61.4 cm³/mol. The Labute approximate surface area is 87.4 Å². The van der Waals surface area contributed by atoms with Gasteiger partial charge in [-0.15, -0.1) is 0 Å². The van der Waals surface area contributed by atoms with E-state index in [0.29, 0.717) is 0 Å². The van der Waals surface area contributed by atoms with Crippen LogP contribution in [0.3, 0.4) is 0 Å². The minimum absolute atomic E-state index is 0.756. The highest BCUT2D eigenvalue weighted by atomic mass is 14.5. The van der Waals surface area contributed by atoms with Gasteiger partial charge in [-0.3, -0.25) is 0 Å². The molecule has 0 aromatic carbocycles. The van der Waals surface area contributed by atoms with E-state index in [9.17, 15) is 0 Å². The van der Waals surface area contributed by atoms with Crippen LogP contribution in [-0.4, -0.2) is 13.1 Å². The molecular formula is C12H20N2. The van der Waals surface area contributed by atoms with Gasteiger partial charge in [0, 0.05) is 12.8 Å². The Morgan fingerprint density at radius 2 is 1.07 bits per heavy atom. The SMILES string of the molecule is NCCCCC#CC#CCCCCN. The molecule has 0 aliphatic heterocycles. The van der Waals surface area contributed by atoms with E-state index in [4.69, 9.17) is 11.5 Å². The first-order valence-electron chi connectivity index (χ1n) is 5.27. The van der Waals surface area contributed by atoms with Crippen molar-refractivity contribution < 1.29 is 0 Å². The summed E-state index contributed by atoms with van der Waals surface area (Å²) < 4.78 is 0. The van der Waals surface area contributed by atoms with Crippen LogP contribution in [0.5, 0.6) is 0 Å². The number of unbranched alkanes of at least 4 members (excludes halogenated alkanes) is 4. The van der Waals surface area contributed by atoms with E-state index in [1.54, 1.807) is 0 Å². The molecule has 14 heavy (non-hydrogen) atoms. The Balaban J connectivity index is 3.29. The van der Waals surface area contributed by atoms with Gasteiger partial charge in [-0.2, -0.15) is 0 Å². The summed E-state index contributed by atoms with van der Waals surface area (Å²) in [5, 5.41) is 0. The molecule has 0 saturated heterocycles. The summed E-state index contributed by atoms with van der Waals surface area (Å²) >= 11 is 0. The number of rotatable bonds is 6. The molecule has 0 aromatic heterocycles. The maximum absolute atomic E-state index is 5.35. The molecule has 0 heterocycles. The van der Waals surface area contributed by atoms with Gasteiger partial charge in [0.15, 0.2) is 0 Å². The van der Waals surface area contributed by atoms with Crippen LogP contribution in [0.1, 0.15) is 38.5 Å². The average molecular weight is 192 g/mol. The van der Waals surface area contributed by atoms with Crippen LogP contribution in [0.4, 0.5) is 0 Å². The fraction of sp³-hybridized carbons (Fsp3) is 0.667. The fourth-order valence-electron chi connectivity index (χ4n) is 0.929. The zero-order valence-electron chi connectivity index (χ0n) is 8.81. The van der Waals surface area contributed by atoms with E-state index < -0.39 is 0 Å². The molecule has 0 fully saturated rings. The summed E-state index contributed by atoms with van der Waals surface area (Å²) in [6.45, 7) is 1.51. The molecular weight excluding hydrogens is 172 g/mol. The molecule has 0 amide bonds. The van der Waals surface area contributed by atoms with Crippen molar-refractivity contribution >= 4 is 0 Å². The molecule has 2 nitrogen and oxygen atoms in total. The van der Waals surface area contributed by atoms with E-state index >= 15 is 0 Å². The molecule has 0 radical (unpaired) electrons. The lowest BCUT2D eigenvalue weighted by Gasteiger charge is -1.88. The normalized spacial score (nSPS) is 8.43. The van der Waals surface area contributed by atoms with Gasteiger partial charge in [-0.1, -0.05) is 11.8 Å². The van der Waals surface area contributed by atoms with Gasteiger partial charge in [0.2, 0.25) is 0 Å². The maximum Gasteiger partial charge on any atom is 0.00993 e. The van der Waals surface area contributed by atoms with E-state index in [2.05, 4.69) is 23.7 Å². The summed E-state index contributed by atoms with van der Waals surface area (Å²) in [5.74, 6) is 11.7. The number of hydrogen-bond acceptors (Lipinski definition) is 2. The number of nitrogens with two attached hydrogens (primary N) is 2. The highest BCUT2D eigenvalue weighted by Gasteiger charge is 1.80. The summed E-state index contributed by atoms with van der Waals surface area (Å²) in [6, 6.07) is 0. The van der Waals surface area contributed by atoms with Gasteiger partial charge < -0.3 is 11.5 Å². The molecule has 0 aromatic rings. The molecule has 2 heteroatoms. The van der Waals surface area contributed by atoms with Gasteiger partial charge in [-0.05, 0) is 50.6 Å². The lowest BCUT2D eigenvalue weighted by atomic mass is 10.2.